The number of carboxylic acids is 1. The second kappa shape index (κ2) is 6.91. The molecule has 6 nitrogen and oxygen atoms in total. The van der Waals surface area contributed by atoms with E-state index in [1.54, 1.807) is 0 Å². The summed E-state index contributed by atoms with van der Waals surface area (Å²) in [5.74, 6) is -0.941. The summed E-state index contributed by atoms with van der Waals surface area (Å²) >= 11 is 0. The summed E-state index contributed by atoms with van der Waals surface area (Å²) in [5, 5.41) is 8.27. The molecule has 6 heteroatoms. The van der Waals surface area contributed by atoms with Gasteiger partial charge in [-0.05, 0) is 12.8 Å². The van der Waals surface area contributed by atoms with Gasteiger partial charge in [0.2, 0.25) is 12.2 Å². The van der Waals surface area contributed by atoms with E-state index in [2.05, 4.69) is 9.98 Å². The van der Waals surface area contributed by atoms with Crippen LogP contribution in [0.4, 0.5) is 0 Å². The van der Waals surface area contributed by atoms with E-state index in [0.717, 1.165) is 0 Å². The minimum atomic E-state index is -0.941. The maximum atomic E-state index is 10.1. The topological polar surface area (TPSA) is 96.2 Å². The van der Waals surface area contributed by atoms with Crippen molar-refractivity contribution in [3.8, 4) is 0 Å². The largest absolute Gasteiger partial charge is 0.481 e. The third-order valence-electron chi connectivity index (χ3n) is 1.26. The van der Waals surface area contributed by atoms with Gasteiger partial charge in [-0.25, -0.2) is 9.59 Å². The summed E-state index contributed by atoms with van der Waals surface area (Å²) in [4.78, 5) is 36.0. The third-order valence-corrected chi connectivity index (χ3v) is 1.26. The van der Waals surface area contributed by atoms with E-state index in [1.807, 2.05) is 0 Å². The quantitative estimate of drug-likeness (QED) is 0.472. The molecular formula is C7H8N2O4. The molecule has 0 aliphatic carbocycles. The first kappa shape index (κ1) is 11.2. The van der Waals surface area contributed by atoms with Gasteiger partial charge in [0, 0.05) is 6.42 Å². The lowest BCUT2D eigenvalue weighted by Gasteiger charge is -1.99. The number of hydrogen-bond donors (Lipinski definition) is 1. The molecule has 0 spiro atoms. The molecule has 1 N–H and O–H groups in total. The molecule has 0 fully saturated rings. The Labute approximate surface area is 74.0 Å². The first-order chi connectivity index (χ1) is 6.20. The van der Waals surface area contributed by atoms with Crippen LogP contribution >= 0.6 is 0 Å². The Bertz CT molecular complexity index is 246. The van der Waals surface area contributed by atoms with Crippen LogP contribution in [0.3, 0.4) is 0 Å². The highest BCUT2D eigenvalue weighted by Gasteiger charge is 2.05. The summed E-state index contributed by atoms with van der Waals surface area (Å²) < 4.78 is 0. The second-order valence-electron chi connectivity index (χ2n) is 2.21. The number of nitrogens with zero attached hydrogens (tertiary/aromatic N) is 2. The molecule has 0 rings (SSSR count). The number of carboxylic acid groups (broad SMARTS) is 1. The minimum absolute atomic E-state index is 0.0424. The predicted octanol–water partition coefficient (Wildman–Crippen LogP) is 0.239. The Morgan fingerprint density at radius 2 is 1.85 bits per heavy atom. The molecule has 0 radical (unpaired) electrons. The number of carbonyl (C=O) groups is 1. The molecule has 0 amide bonds. The zero-order valence-corrected chi connectivity index (χ0v) is 6.77. The average molecular weight is 184 g/mol. The third kappa shape index (κ3) is 6.62. The lowest BCUT2D eigenvalue weighted by molar-refractivity contribution is -0.137. The van der Waals surface area contributed by atoms with Crippen LogP contribution in [0.5, 0.6) is 0 Å². The molecule has 0 heterocycles. The second-order valence-corrected chi connectivity index (χ2v) is 2.21. The number of isocyanates is 2. The Hall–Kier alpha value is -1.77. The predicted molar refractivity (Wildman–Crippen MR) is 41.5 cm³/mol. The summed E-state index contributed by atoms with van der Waals surface area (Å²) in [7, 11) is 0. The highest BCUT2D eigenvalue weighted by Crippen LogP contribution is 2.04. The Morgan fingerprint density at radius 1 is 1.31 bits per heavy atom. The Kier molecular flexibility index (Phi) is 5.97. The van der Waals surface area contributed by atoms with Gasteiger partial charge in [-0.3, -0.25) is 4.79 Å². The molecule has 70 valence electrons. The van der Waals surface area contributed by atoms with E-state index in [9.17, 15) is 14.4 Å². The zero-order valence-electron chi connectivity index (χ0n) is 6.77. The van der Waals surface area contributed by atoms with Gasteiger partial charge in [-0.2, -0.15) is 9.98 Å². The maximum Gasteiger partial charge on any atom is 0.303 e. The van der Waals surface area contributed by atoms with Gasteiger partial charge in [-0.15, -0.1) is 0 Å². The van der Waals surface area contributed by atoms with Crippen molar-refractivity contribution >= 4 is 18.1 Å². The molecule has 0 aliphatic heterocycles. The van der Waals surface area contributed by atoms with Crippen molar-refractivity contribution in [2.24, 2.45) is 9.98 Å². The minimum Gasteiger partial charge on any atom is -0.481 e. The van der Waals surface area contributed by atoms with E-state index in [1.165, 1.54) is 12.2 Å². The summed E-state index contributed by atoms with van der Waals surface area (Å²) in [6, 6.07) is 0. The number of carbonyl (C=O) groups excluding carboxylic acids is 2. The van der Waals surface area contributed by atoms with Crippen LogP contribution in [0.15, 0.2) is 9.98 Å². The van der Waals surface area contributed by atoms with Crippen molar-refractivity contribution in [2.45, 2.75) is 25.4 Å². The van der Waals surface area contributed by atoms with Gasteiger partial charge in [0.1, 0.15) is 0 Å². The molecule has 0 saturated heterocycles. The molecule has 0 aliphatic rings. The summed E-state index contributed by atoms with van der Waals surface area (Å²) in [6.45, 7) is 0. The van der Waals surface area contributed by atoms with E-state index in [0.29, 0.717) is 6.42 Å². The molecule has 13 heavy (non-hydrogen) atoms. The summed E-state index contributed by atoms with van der Waals surface area (Å²) in [6.07, 6.45) is 2.15. The van der Waals surface area contributed by atoms with Crippen molar-refractivity contribution in [1.82, 2.24) is 0 Å². The maximum absolute atomic E-state index is 10.1. The number of hydrogen-bond acceptors (Lipinski definition) is 5. The molecular weight excluding hydrogens is 176 g/mol. The smallest absolute Gasteiger partial charge is 0.303 e. The molecule has 0 atom stereocenters. The average Bonchev–Trinajstić information content (AvgIpc) is 2.04. The fraction of sp³-hybridized carbons (Fsp3) is 0.571. The molecule has 0 aromatic heterocycles. The van der Waals surface area contributed by atoms with E-state index in [4.69, 9.17) is 5.11 Å². The van der Waals surface area contributed by atoms with Crippen molar-refractivity contribution in [3.05, 3.63) is 0 Å². The van der Waals surface area contributed by atoms with Crippen LogP contribution in [0.2, 0.25) is 0 Å². The summed E-state index contributed by atoms with van der Waals surface area (Å²) in [5.41, 5.74) is 0. The zero-order chi connectivity index (χ0) is 10.1. The normalized spacial score (nSPS) is 10.8. The Balaban J connectivity index is 3.89. The van der Waals surface area contributed by atoms with E-state index < -0.39 is 12.1 Å². The molecule has 0 bridgehead atoms. The highest BCUT2D eigenvalue weighted by atomic mass is 16.4. The fourth-order valence-electron chi connectivity index (χ4n) is 0.716. The standard InChI is InChI=1S/C7H8N2O4/c10-4-8-6(9-5-11)2-1-3-7(12)13/h6H,1-3H2,(H,12,13). The fourth-order valence-corrected chi connectivity index (χ4v) is 0.716. The van der Waals surface area contributed by atoms with Gasteiger partial charge in [0.05, 0.1) is 0 Å². The van der Waals surface area contributed by atoms with Crippen LogP contribution in [-0.4, -0.2) is 29.4 Å². The first-order valence-electron chi connectivity index (χ1n) is 3.56. The number of rotatable bonds is 6. The van der Waals surface area contributed by atoms with Gasteiger partial charge < -0.3 is 5.11 Å². The monoisotopic (exact) mass is 184 g/mol. The van der Waals surface area contributed by atoms with Crippen molar-refractivity contribution < 1.29 is 19.5 Å². The lowest BCUT2D eigenvalue weighted by atomic mass is 10.2. The van der Waals surface area contributed by atoms with E-state index >= 15 is 0 Å². The van der Waals surface area contributed by atoms with Crippen molar-refractivity contribution in [2.75, 3.05) is 0 Å². The van der Waals surface area contributed by atoms with Gasteiger partial charge >= 0.3 is 5.97 Å². The van der Waals surface area contributed by atoms with Gasteiger partial charge in [0.25, 0.3) is 0 Å². The van der Waals surface area contributed by atoms with Crippen LogP contribution in [0, 0.1) is 0 Å². The van der Waals surface area contributed by atoms with Crippen molar-refractivity contribution in [3.63, 3.8) is 0 Å². The van der Waals surface area contributed by atoms with Crippen molar-refractivity contribution in [1.29, 1.82) is 0 Å². The first-order valence-corrected chi connectivity index (χ1v) is 3.56. The van der Waals surface area contributed by atoms with E-state index in [-0.39, 0.29) is 12.8 Å². The number of aliphatic imine (C=N–C) groups is 2. The molecule has 0 unspecified atom stereocenters. The van der Waals surface area contributed by atoms with Crippen LogP contribution in [-0.2, 0) is 14.4 Å². The molecule has 0 aromatic carbocycles. The lowest BCUT2D eigenvalue weighted by Crippen LogP contribution is -2.02. The Morgan fingerprint density at radius 3 is 2.23 bits per heavy atom. The van der Waals surface area contributed by atoms with Crippen LogP contribution < -0.4 is 0 Å². The number of aliphatic carboxylic acids is 1. The molecule has 0 aromatic rings. The SMILES string of the molecule is O=C=NC(CCCC(=O)O)N=C=O. The van der Waals surface area contributed by atoms with Gasteiger partial charge in [0.15, 0.2) is 6.17 Å². The highest BCUT2D eigenvalue weighted by molar-refractivity contribution is 5.66. The van der Waals surface area contributed by atoms with Crippen LogP contribution in [0.25, 0.3) is 0 Å². The van der Waals surface area contributed by atoms with Gasteiger partial charge in [-0.1, -0.05) is 0 Å². The molecule has 0 saturated carbocycles. The van der Waals surface area contributed by atoms with Crippen LogP contribution in [0.1, 0.15) is 19.3 Å².